The Bertz CT molecular complexity index is 1080. The number of halogens is 2. The van der Waals surface area contributed by atoms with Crippen LogP contribution in [0.2, 0.25) is 0 Å². The summed E-state index contributed by atoms with van der Waals surface area (Å²) in [5.74, 6) is -0.559. The first-order chi connectivity index (χ1) is 14.0. The zero-order valence-electron chi connectivity index (χ0n) is 16.3. The minimum absolute atomic E-state index is 0.0804. The molecule has 8 heteroatoms. The van der Waals surface area contributed by atoms with Crippen LogP contribution in [-0.4, -0.2) is 22.1 Å². The third-order valence-corrected chi connectivity index (χ3v) is 5.56. The van der Waals surface area contributed by atoms with Crippen LogP contribution in [0.25, 0.3) is 11.0 Å². The fourth-order valence-electron chi connectivity index (χ4n) is 3.18. The molecule has 29 heavy (non-hydrogen) atoms. The number of carbonyl (C=O) groups excluding carboxylic acids is 1. The van der Waals surface area contributed by atoms with Gasteiger partial charge in [-0.1, -0.05) is 15.9 Å². The van der Waals surface area contributed by atoms with E-state index in [2.05, 4.69) is 31.7 Å². The number of imidazole rings is 1. The van der Waals surface area contributed by atoms with Crippen LogP contribution >= 0.6 is 15.9 Å². The van der Waals surface area contributed by atoms with E-state index in [1.54, 1.807) is 17.0 Å². The number of hydroxylamine groups is 1. The topological polar surface area (TPSA) is 68.2 Å². The van der Waals surface area contributed by atoms with E-state index in [1.165, 1.54) is 0 Å². The van der Waals surface area contributed by atoms with E-state index in [1.807, 2.05) is 32.0 Å². The summed E-state index contributed by atoms with van der Waals surface area (Å²) in [6.07, 6.45) is 3.80. The largest absolute Gasteiger partial charge is 0.352 e. The van der Waals surface area contributed by atoms with Gasteiger partial charge in [-0.15, -0.1) is 0 Å². The maximum Gasteiger partial charge on any atom is 0.277 e. The SMILES string of the molecule is CCn1cnc2c(F)c(Nc3ccc(Br)cc3C)c(C(=O)NOCC3CC3)cc21. The molecule has 1 heterocycles. The molecule has 1 aliphatic rings. The standard InChI is InChI=1S/C21H22BrFN4O2/c1-3-27-11-24-20-17(27)9-15(21(28)26-29-10-13-4-5-13)19(18(20)23)25-16-7-6-14(22)8-12(16)2/h6-9,11,13,25H,3-5,10H2,1-2H3,(H,26,28). The summed E-state index contributed by atoms with van der Waals surface area (Å²) in [6.45, 7) is 4.94. The molecule has 1 fully saturated rings. The van der Waals surface area contributed by atoms with Crippen molar-refractivity contribution in [1.82, 2.24) is 15.0 Å². The van der Waals surface area contributed by atoms with Gasteiger partial charge in [0.25, 0.3) is 5.91 Å². The molecule has 4 rings (SSSR count). The molecule has 0 bridgehead atoms. The summed E-state index contributed by atoms with van der Waals surface area (Å²) < 4.78 is 18.1. The van der Waals surface area contributed by atoms with Crippen molar-refractivity contribution in [3.63, 3.8) is 0 Å². The molecule has 152 valence electrons. The zero-order chi connectivity index (χ0) is 20.5. The molecule has 6 nitrogen and oxygen atoms in total. The lowest BCUT2D eigenvalue weighted by Gasteiger charge is -2.16. The Morgan fingerprint density at radius 2 is 2.17 bits per heavy atom. The maximum absolute atomic E-state index is 15.4. The molecular weight excluding hydrogens is 439 g/mol. The number of hydrogen-bond donors (Lipinski definition) is 2. The first kappa shape index (κ1) is 19.8. The van der Waals surface area contributed by atoms with Gasteiger partial charge in [0.1, 0.15) is 5.52 Å². The molecule has 1 amide bonds. The molecule has 0 atom stereocenters. The Kier molecular flexibility index (Phi) is 5.56. The molecule has 2 N–H and O–H groups in total. The predicted octanol–water partition coefficient (Wildman–Crippen LogP) is 5.08. The van der Waals surface area contributed by atoms with Crippen LogP contribution in [0.1, 0.15) is 35.7 Å². The van der Waals surface area contributed by atoms with Crippen LogP contribution in [0, 0.1) is 18.7 Å². The number of aryl methyl sites for hydroxylation is 2. The van der Waals surface area contributed by atoms with Crippen LogP contribution in [-0.2, 0) is 11.4 Å². The van der Waals surface area contributed by atoms with Gasteiger partial charge in [-0.2, -0.15) is 0 Å². The molecular formula is C21H22BrFN4O2. The fourth-order valence-corrected chi connectivity index (χ4v) is 3.65. The lowest BCUT2D eigenvalue weighted by Crippen LogP contribution is -2.26. The van der Waals surface area contributed by atoms with Crippen LogP contribution in [0.15, 0.2) is 35.1 Å². The number of hydrogen-bond acceptors (Lipinski definition) is 4. The Morgan fingerprint density at radius 1 is 1.38 bits per heavy atom. The van der Waals surface area contributed by atoms with Gasteiger partial charge in [-0.25, -0.2) is 14.9 Å². The number of rotatable bonds is 7. The highest BCUT2D eigenvalue weighted by molar-refractivity contribution is 9.10. The number of anilines is 2. The van der Waals surface area contributed by atoms with Gasteiger partial charge in [-0.05, 0) is 62.4 Å². The average molecular weight is 461 g/mol. The van der Waals surface area contributed by atoms with E-state index in [9.17, 15) is 4.79 Å². The third-order valence-electron chi connectivity index (χ3n) is 5.07. The van der Waals surface area contributed by atoms with E-state index in [0.29, 0.717) is 30.3 Å². The first-order valence-electron chi connectivity index (χ1n) is 9.60. The van der Waals surface area contributed by atoms with Gasteiger partial charge in [-0.3, -0.25) is 9.63 Å². The van der Waals surface area contributed by atoms with Gasteiger partial charge in [0.2, 0.25) is 0 Å². The van der Waals surface area contributed by atoms with Crippen molar-refractivity contribution in [1.29, 1.82) is 0 Å². The lowest BCUT2D eigenvalue weighted by atomic mass is 10.1. The van der Waals surface area contributed by atoms with Crippen molar-refractivity contribution < 1.29 is 14.0 Å². The predicted molar refractivity (Wildman–Crippen MR) is 114 cm³/mol. The summed E-state index contributed by atoms with van der Waals surface area (Å²) >= 11 is 3.43. The Labute approximate surface area is 176 Å². The van der Waals surface area contributed by atoms with Crippen molar-refractivity contribution in [2.24, 2.45) is 5.92 Å². The van der Waals surface area contributed by atoms with Gasteiger partial charge < -0.3 is 9.88 Å². The fraction of sp³-hybridized carbons (Fsp3) is 0.333. The Hall–Kier alpha value is -2.45. The summed E-state index contributed by atoms with van der Waals surface area (Å²) in [7, 11) is 0. The summed E-state index contributed by atoms with van der Waals surface area (Å²) in [5.41, 5.74) is 5.11. The number of amides is 1. The highest BCUT2D eigenvalue weighted by Gasteiger charge is 2.24. The number of fused-ring (bicyclic) bond motifs is 1. The molecule has 1 saturated carbocycles. The highest BCUT2D eigenvalue weighted by Crippen LogP contribution is 2.33. The van der Waals surface area contributed by atoms with E-state index in [4.69, 9.17) is 4.84 Å². The minimum Gasteiger partial charge on any atom is -0.352 e. The maximum atomic E-state index is 15.4. The summed E-state index contributed by atoms with van der Waals surface area (Å²) in [5, 5.41) is 3.09. The number of nitrogens with one attached hydrogen (secondary N) is 2. The molecule has 0 spiro atoms. The van der Waals surface area contributed by atoms with E-state index >= 15 is 4.39 Å². The molecule has 1 aromatic heterocycles. The van der Waals surface area contributed by atoms with Crippen LogP contribution in [0.4, 0.5) is 15.8 Å². The highest BCUT2D eigenvalue weighted by atomic mass is 79.9. The van der Waals surface area contributed by atoms with Crippen LogP contribution in [0.5, 0.6) is 0 Å². The van der Waals surface area contributed by atoms with Crippen molar-refractivity contribution in [2.75, 3.05) is 11.9 Å². The van der Waals surface area contributed by atoms with Gasteiger partial charge in [0.15, 0.2) is 5.82 Å². The second-order valence-corrected chi connectivity index (χ2v) is 8.20. The van der Waals surface area contributed by atoms with Gasteiger partial charge >= 0.3 is 0 Å². The van der Waals surface area contributed by atoms with Crippen molar-refractivity contribution in [2.45, 2.75) is 33.2 Å². The summed E-state index contributed by atoms with van der Waals surface area (Å²) in [6, 6.07) is 7.26. The molecule has 3 aromatic rings. The third kappa shape index (κ3) is 4.13. The van der Waals surface area contributed by atoms with Crippen LogP contribution in [0.3, 0.4) is 0 Å². The number of carbonyl (C=O) groups is 1. The molecule has 0 unspecified atom stereocenters. The lowest BCUT2D eigenvalue weighted by molar-refractivity contribution is 0.0271. The average Bonchev–Trinajstić information content (AvgIpc) is 3.42. The van der Waals surface area contributed by atoms with E-state index in [0.717, 1.165) is 22.9 Å². The molecule has 1 aliphatic carbocycles. The second kappa shape index (κ2) is 8.12. The molecule has 0 saturated heterocycles. The minimum atomic E-state index is -0.565. The van der Waals surface area contributed by atoms with Crippen molar-refractivity contribution in [3.8, 4) is 0 Å². The Balaban J connectivity index is 1.74. The quantitative estimate of drug-likeness (QED) is 0.482. The first-order valence-corrected chi connectivity index (χ1v) is 10.4. The summed E-state index contributed by atoms with van der Waals surface area (Å²) in [4.78, 5) is 22.4. The second-order valence-electron chi connectivity index (χ2n) is 7.28. The monoisotopic (exact) mass is 460 g/mol. The molecule has 0 aliphatic heterocycles. The molecule has 0 radical (unpaired) electrons. The number of nitrogens with zero attached hydrogens (tertiary/aromatic N) is 2. The van der Waals surface area contributed by atoms with Crippen molar-refractivity contribution in [3.05, 3.63) is 52.0 Å². The smallest absolute Gasteiger partial charge is 0.277 e. The molecule has 2 aromatic carbocycles. The van der Waals surface area contributed by atoms with Gasteiger partial charge in [0.05, 0.1) is 29.7 Å². The van der Waals surface area contributed by atoms with Gasteiger partial charge in [0, 0.05) is 16.7 Å². The Morgan fingerprint density at radius 3 is 2.86 bits per heavy atom. The van der Waals surface area contributed by atoms with E-state index < -0.39 is 11.7 Å². The van der Waals surface area contributed by atoms with E-state index in [-0.39, 0.29) is 16.8 Å². The van der Waals surface area contributed by atoms with Crippen LogP contribution < -0.4 is 10.8 Å². The van der Waals surface area contributed by atoms with Crippen molar-refractivity contribution >= 4 is 44.2 Å². The number of aromatic nitrogens is 2. The zero-order valence-corrected chi connectivity index (χ0v) is 17.8. The normalized spacial score (nSPS) is 13.7. The number of benzene rings is 2.